The average molecular weight is 293 g/mol. The van der Waals surface area contributed by atoms with Gasteiger partial charge in [0.05, 0.1) is 6.54 Å². The summed E-state index contributed by atoms with van der Waals surface area (Å²) in [6, 6.07) is 0. The molecule has 1 unspecified atom stereocenters. The molecular weight excluding hydrogens is 274 g/mol. The standard InChI is InChI=1S/C10H19N3O5S/c1-8-3-2-4-13(7-8)19(17,18)12-5-9(14)11-6-10(15)16/h8,12H,2-7H2,1H3,(H,11,14)(H,15,16). The summed E-state index contributed by atoms with van der Waals surface area (Å²) in [6.07, 6.45) is 1.79. The summed E-state index contributed by atoms with van der Waals surface area (Å²) in [6.45, 7) is 1.87. The van der Waals surface area contributed by atoms with Gasteiger partial charge in [-0.15, -0.1) is 0 Å². The summed E-state index contributed by atoms with van der Waals surface area (Å²) in [5.41, 5.74) is 0. The minimum Gasteiger partial charge on any atom is -0.480 e. The van der Waals surface area contributed by atoms with E-state index in [4.69, 9.17) is 5.11 Å². The molecule has 1 aliphatic heterocycles. The molecule has 19 heavy (non-hydrogen) atoms. The van der Waals surface area contributed by atoms with Crippen molar-refractivity contribution in [2.45, 2.75) is 19.8 Å². The summed E-state index contributed by atoms with van der Waals surface area (Å²) in [4.78, 5) is 21.4. The number of hydrogen-bond acceptors (Lipinski definition) is 4. The molecular formula is C10H19N3O5S. The van der Waals surface area contributed by atoms with E-state index >= 15 is 0 Å². The molecule has 1 saturated heterocycles. The smallest absolute Gasteiger partial charge is 0.322 e. The highest BCUT2D eigenvalue weighted by molar-refractivity contribution is 7.87. The van der Waals surface area contributed by atoms with E-state index in [1.165, 1.54) is 4.31 Å². The quantitative estimate of drug-likeness (QED) is 0.566. The molecule has 1 heterocycles. The largest absolute Gasteiger partial charge is 0.480 e. The van der Waals surface area contributed by atoms with Crippen LogP contribution in [-0.4, -0.2) is 55.9 Å². The number of carbonyl (C=O) groups is 2. The van der Waals surface area contributed by atoms with E-state index in [1.807, 2.05) is 6.92 Å². The molecule has 1 aliphatic rings. The fraction of sp³-hybridized carbons (Fsp3) is 0.800. The predicted molar refractivity (Wildman–Crippen MR) is 67.5 cm³/mol. The van der Waals surface area contributed by atoms with Gasteiger partial charge < -0.3 is 10.4 Å². The molecule has 1 rings (SSSR count). The lowest BCUT2D eigenvalue weighted by atomic mass is 10.0. The first kappa shape index (κ1) is 15.9. The van der Waals surface area contributed by atoms with Gasteiger partial charge in [0.15, 0.2) is 0 Å². The second kappa shape index (κ2) is 6.83. The lowest BCUT2D eigenvalue weighted by Crippen LogP contribution is -2.48. The molecule has 0 aromatic heterocycles. The molecule has 0 aromatic carbocycles. The van der Waals surface area contributed by atoms with Crippen LogP contribution in [0.25, 0.3) is 0 Å². The number of nitrogens with one attached hydrogen (secondary N) is 2. The lowest BCUT2D eigenvalue weighted by molar-refractivity contribution is -0.137. The number of carboxylic acid groups (broad SMARTS) is 1. The summed E-state index contributed by atoms with van der Waals surface area (Å²) >= 11 is 0. The average Bonchev–Trinajstić information content (AvgIpc) is 2.34. The van der Waals surface area contributed by atoms with Crippen LogP contribution in [0.5, 0.6) is 0 Å². The van der Waals surface area contributed by atoms with Crippen LogP contribution in [0.1, 0.15) is 19.8 Å². The topological polar surface area (TPSA) is 116 Å². The van der Waals surface area contributed by atoms with Gasteiger partial charge in [-0.2, -0.15) is 17.4 Å². The number of aliphatic carboxylic acids is 1. The van der Waals surface area contributed by atoms with Gasteiger partial charge in [0.2, 0.25) is 5.91 Å². The highest BCUT2D eigenvalue weighted by atomic mass is 32.2. The van der Waals surface area contributed by atoms with Gasteiger partial charge in [-0.05, 0) is 18.8 Å². The van der Waals surface area contributed by atoms with Crippen LogP contribution in [0.15, 0.2) is 0 Å². The fourth-order valence-corrected chi connectivity index (χ4v) is 3.17. The van der Waals surface area contributed by atoms with Crippen LogP contribution >= 0.6 is 0 Å². The Morgan fingerprint density at radius 2 is 2.05 bits per heavy atom. The van der Waals surface area contributed by atoms with E-state index in [0.29, 0.717) is 19.0 Å². The number of carboxylic acids is 1. The summed E-state index contributed by atoms with van der Waals surface area (Å²) < 4.78 is 27.3. The summed E-state index contributed by atoms with van der Waals surface area (Å²) in [5.74, 6) is -1.55. The summed E-state index contributed by atoms with van der Waals surface area (Å²) in [7, 11) is -3.67. The zero-order valence-corrected chi connectivity index (χ0v) is 11.6. The van der Waals surface area contributed by atoms with Crippen molar-refractivity contribution in [2.24, 2.45) is 5.92 Å². The highest BCUT2D eigenvalue weighted by Crippen LogP contribution is 2.17. The van der Waals surface area contributed by atoms with Crippen molar-refractivity contribution in [3.8, 4) is 0 Å². The molecule has 1 amide bonds. The van der Waals surface area contributed by atoms with Crippen molar-refractivity contribution in [2.75, 3.05) is 26.2 Å². The Morgan fingerprint density at radius 1 is 1.37 bits per heavy atom. The van der Waals surface area contributed by atoms with Crippen molar-refractivity contribution < 1.29 is 23.1 Å². The van der Waals surface area contributed by atoms with Gasteiger partial charge in [-0.1, -0.05) is 6.92 Å². The maximum absolute atomic E-state index is 11.9. The van der Waals surface area contributed by atoms with Gasteiger partial charge in [0, 0.05) is 13.1 Å². The number of rotatable bonds is 6. The van der Waals surface area contributed by atoms with E-state index in [2.05, 4.69) is 10.0 Å². The fourth-order valence-electron chi connectivity index (χ4n) is 1.85. The second-order valence-electron chi connectivity index (χ2n) is 4.60. The van der Waals surface area contributed by atoms with Gasteiger partial charge in [-0.25, -0.2) is 0 Å². The van der Waals surface area contributed by atoms with Crippen LogP contribution in [0, 0.1) is 5.92 Å². The molecule has 1 fully saturated rings. The van der Waals surface area contributed by atoms with Crippen molar-refractivity contribution in [3.63, 3.8) is 0 Å². The van der Waals surface area contributed by atoms with Crippen LogP contribution in [0.4, 0.5) is 0 Å². The molecule has 8 nitrogen and oxygen atoms in total. The third-order valence-electron chi connectivity index (χ3n) is 2.81. The zero-order valence-electron chi connectivity index (χ0n) is 10.8. The lowest BCUT2D eigenvalue weighted by Gasteiger charge is -2.29. The second-order valence-corrected chi connectivity index (χ2v) is 6.36. The van der Waals surface area contributed by atoms with Gasteiger partial charge in [-0.3, -0.25) is 9.59 Å². The molecule has 0 aromatic rings. The van der Waals surface area contributed by atoms with Gasteiger partial charge in [0.1, 0.15) is 6.54 Å². The van der Waals surface area contributed by atoms with E-state index in [0.717, 1.165) is 12.8 Å². The van der Waals surface area contributed by atoms with Crippen molar-refractivity contribution >= 4 is 22.1 Å². The Morgan fingerprint density at radius 3 is 2.63 bits per heavy atom. The van der Waals surface area contributed by atoms with E-state index in [-0.39, 0.29) is 0 Å². The first-order chi connectivity index (χ1) is 8.81. The highest BCUT2D eigenvalue weighted by Gasteiger charge is 2.27. The third-order valence-corrected chi connectivity index (χ3v) is 4.33. The minimum absolute atomic E-state index is 0.297. The molecule has 0 bridgehead atoms. The van der Waals surface area contributed by atoms with Crippen LogP contribution in [-0.2, 0) is 19.8 Å². The summed E-state index contributed by atoms with van der Waals surface area (Å²) in [5, 5.41) is 10.4. The van der Waals surface area contributed by atoms with Crippen molar-refractivity contribution in [1.82, 2.24) is 14.3 Å². The Bertz CT molecular complexity index is 436. The number of hydrogen-bond donors (Lipinski definition) is 3. The Balaban J connectivity index is 2.42. The van der Waals surface area contributed by atoms with Crippen LogP contribution < -0.4 is 10.0 Å². The predicted octanol–water partition coefficient (Wildman–Crippen LogP) is -1.25. The number of carbonyl (C=O) groups excluding carboxylic acids is 1. The minimum atomic E-state index is -3.67. The normalized spacial score (nSPS) is 21.0. The maximum Gasteiger partial charge on any atom is 0.322 e. The molecule has 1 atom stereocenters. The maximum atomic E-state index is 11.9. The first-order valence-corrected chi connectivity index (χ1v) is 7.48. The first-order valence-electron chi connectivity index (χ1n) is 6.04. The van der Waals surface area contributed by atoms with Crippen molar-refractivity contribution in [3.05, 3.63) is 0 Å². The van der Waals surface area contributed by atoms with Crippen molar-refractivity contribution in [1.29, 1.82) is 0 Å². The Labute approximate surface area is 112 Å². The van der Waals surface area contributed by atoms with Crippen LogP contribution in [0.2, 0.25) is 0 Å². The SMILES string of the molecule is CC1CCCN(S(=O)(=O)NCC(=O)NCC(=O)O)C1. The number of piperidine rings is 1. The monoisotopic (exact) mass is 293 g/mol. The molecule has 0 aliphatic carbocycles. The Kier molecular flexibility index (Phi) is 5.70. The van der Waals surface area contributed by atoms with E-state index in [9.17, 15) is 18.0 Å². The molecule has 0 radical (unpaired) electrons. The van der Waals surface area contributed by atoms with E-state index < -0.39 is 35.2 Å². The van der Waals surface area contributed by atoms with Gasteiger partial charge in [0.25, 0.3) is 10.2 Å². The van der Waals surface area contributed by atoms with Gasteiger partial charge >= 0.3 is 5.97 Å². The Hall–Kier alpha value is -1.19. The molecule has 110 valence electrons. The molecule has 0 saturated carbocycles. The zero-order chi connectivity index (χ0) is 14.5. The molecule has 0 spiro atoms. The number of amides is 1. The number of nitrogens with zero attached hydrogens (tertiary/aromatic N) is 1. The third kappa shape index (κ3) is 5.53. The molecule has 3 N–H and O–H groups in total. The van der Waals surface area contributed by atoms with E-state index in [1.54, 1.807) is 0 Å². The van der Waals surface area contributed by atoms with Crippen LogP contribution in [0.3, 0.4) is 0 Å². The molecule has 9 heteroatoms.